The molecule has 0 aliphatic heterocycles. The second-order valence-electron chi connectivity index (χ2n) is 7.59. The standard InChI is InChI=1S/C20H32N6OS/c1-4-21-19(23-14-20(2,27)15-12-24-26(3)13-15)22-11-7-10-18-25-16-8-5-6-9-17(16)28-18/h12-13,27H,4-11,14H2,1-3H3,(H2,21,22,23). The average Bonchev–Trinajstić information content (AvgIpc) is 3.29. The molecule has 28 heavy (non-hydrogen) atoms. The van der Waals surface area contributed by atoms with Crippen molar-refractivity contribution in [3.05, 3.63) is 33.5 Å². The van der Waals surface area contributed by atoms with E-state index >= 15 is 0 Å². The molecule has 0 bridgehead atoms. The van der Waals surface area contributed by atoms with Crippen molar-refractivity contribution in [3.8, 4) is 0 Å². The number of aromatic nitrogens is 3. The summed E-state index contributed by atoms with van der Waals surface area (Å²) in [4.78, 5) is 10.9. The van der Waals surface area contributed by atoms with E-state index in [1.165, 1.54) is 34.8 Å². The quantitative estimate of drug-likeness (QED) is 0.356. The third-order valence-corrected chi connectivity index (χ3v) is 6.18. The molecule has 3 rings (SSSR count). The highest BCUT2D eigenvalue weighted by atomic mass is 32.1. The van der Waals surface area contributed by atoms with Crippen LogP contribution in [0.4, 0.5) is 0 Å². The highest BCUT2D eigenvalue weighted by Crippen LogP contribution is 2.27. The molecule has 0 spiro atoms. The Morgan fingerprint density at radius 3 is 2.89 bits per heavy atom. The number of nitrogens with one attached hydrogen (secondary N) is 2. The Hall–Kier alpha value is -1.93. The smallest absolute Gasteiger partial charge is 0.191 e. The van der Waals surface area contributed by atoms with Gasteiger partial charge in [-0.25, -0.2) is 9.98 Å². The Bertz CT molecular complexity index is 771. The van der Waals surface area contributed by atoms with Gasteiger partial charge < -0.3 is 15.7 Å². The van der Waals surface area contributed by atoms with Crippen LogP contribution in [-0.4, -0.2) is 45.5 Å². The molecule has 7 nitrogen and oxygen atoms in total. The van der Waals surface area contributed by atoms with Crippen LogP contribution in [0.2, 0.25) is 0 Å². The summed E-state index contributed by atoms with van der Waals surface area (Å²) >= 11 is 1.89. The fraction of sp³-hybridized carbons (Fsp3) is 0.650. The molecule has 154 valence electrons. The topological polar surface area (TPSA) is 87.4 Å². The molecule has 1 aliphatic rings. The van der Waals surface area contributed by atoms with Crippen LogP contribution in [0.3, 0.4) is 0 Å². The lowest BCUT2D eigenvalue weighted by Gasteiger charge is -2.20. The summed E-state index contributed by atoms with van der Waals surface area (Å²) in [5, 5.41) is 22.7. The van der Waals surface area contributed by atoms with Crippen LogP contribution in [0.15, 0.2) is 17.4 Å². The lowest BCUT2D eigenvalue weighted by atomic mass is 10.0. The first-order valence-electron chi connectivity index (χ1n) is 10.2. The molecule has 0 saturated carbocycles. The van der Waals surface area contributed by atoms with Gasteiger partial charge in [0.1, 0.15) is 5.60 Å². The number of rotatable bonds is 8. The Kier molecular flexibility index (Phi) is 7.07. The minimum Gasteiger partial charge on any atom is -0.383 e. The van der Waals surface area contributed by atoms with Crippen molar-refractivity contribution in [2.45, 2.75) is 58.0 Å². The fourth-order valence-electron chi connectivity index (χ4n) is 3.32. The van der Waals surface area contributed by atoms with Gasteiger partial charge >= 0.3 is 0 Å². The first kappa shape index (κ1) is 20.8. The maximum atomic E-state index is 10.7. The van der Waals surface area contributed by atoms with Crippen molar-refractivity contribution in [2.75, 3.05) is 19.6 Å². The summed E-state index contributed by atoms with van der Waals surface area (Å²) in [5.41, 5.74) is 1.06. The van der Waals surface area contributed by atoms with E-state index in [0.29, 0.717) is 0 Å². The van der Waals surface area contributed by atoms with Crippen LogP contribution >= 0.6 is 11.3 Å². The van der Waals surface area contributed by atoms with Gasteiger partial charge in [0, 0.05) is 43.2 Å². The van der Waals surface area contributed by atoms with E-state index in [0.717, 1.165) is 43.9 Å². The summed E-state index contributed by atoms with van der Waals surface area (Å²) in [5.74, 6) is 0.727. The van der Waals surface area contributed by atoms with Crippen LogP contribution in [0.5, 0.6) is 0 Å². The van der Waals surface area contributed by atoms with Gasteiger partial charge in [0.25, 0.3) is 0 Å². The number of hydrogen-bond acceptors (Lipinski definition) is 5. The number of thiazole rings is 1. The normalized spacial score (nSPS) is 16.5. The summed E-state index contributed by atoms with van der Waals surface area (Å²) < 4.78 is 1.69. The molecule has 2 aromatic rings. The molecule has 0 amide bonds. The van der Waals surface area contributed by atoms with Gasteiger partial charge in [0.05, 0.1) is 23.4 Å². The van der Waals surface area contributed by atoms with Crippen molar-refractivity contribution in [1.29, 1.82) is 0 Å². The zero-order valence-corrected chi connectivity index (χ0v) is 18.0. The van der Waals surface area contributed by atoms with E-state index in [9.17, 15) is 5.11 Å². The van der Waals surface area contributed by atoms with Gasteiger partial charge in [-0.2, -0.15) is 5.10 Å². The minimum absolute atomic E-state index is 0.271. The highest BCUT2D eigenvalue weighted by Gasteiger charge is 2.24. The van der Waals surface area contributed by atoms with Crippen LogP contribution in [0, 0.1) is 0 Å². The van der Waals surface area contributed by atoms with Gasteiger partial charge in [-0.1, -0.05) is 0 Å². The number of guanidine groups is 1. The van der Waals surface area contributed by atoms with E-state index in [1.807, 2.05) is 31.5 Å². The lowest BCUT2D eigenvalue weighted by molar-refractivity contribution is 0.0672. The monoisotopic (exact) mass is 404 g/mol. The Morgan fingerprint density at radius 1 is 1.36 bits per heavy atom. The van der Waals surface area contributed by atoms with Crippen molar-refractivity contribution in [1.82, 2.24) is 25.4 Å². The van der Waals surface area contributed by atoms with Crippen LogP contribution in [0.25, 0.3) is 0 Å². The van der Waals surface area contributed by atoms with Crippen LogP contribution < -0.4 is 10.6 Å². The van der Waals surface area contributed by atoms with E-state index in [2.05, 4.69) is 20.7 Å². The second kappa shape index (κ2) is 9.52. The van der Waals surface area contributed by atoms with Gasteiger partial charge in [0.15, 0.2) is 5.96 Å². The first-order valence-corrected chi connectivity index (χ1v) is 11.0. The molecule has 3 N–H and O–H groups in total. The number of fused-ring (bicyclic) bond motifs is 1. The molecule has 2 heterocycles. The molecule has 8 heteroatoms. The summed E-state index contributed by atoms with van der Waals surface area (Å²) in [7, 11) is 1.84. The molecule has 0 radical (unpaired) electrons. The molecule has 1 unspecified atom stereocenters. The van der Waals surface area contributed by atoms with E-state index in [1.54, 1.807) is 17.8 Å². The van der Waals surface area contributed by atoms with Crippen molar-refractivity contribution >= 4 is 17.3 Å². The van der Waals surface area contributed by atoms with Gasteiger partial charge in [-0.05, 0) is 46.0 Å². The van der Waals surface area contributed by atoms with Gasteiger partial charge in [-0.3, -0.25) is 4.68 Å². The highest BCUT2D eigenvalue weighted by molar-refractivity contribution is 7.11. The SMILES string of the molecule is CCNC(=NCC(C)(O)c1cnn(C)c1)NCCCc1nc2c(s1)CCCC2. The molecular weight excluding hydrogens is 372 g/mol. The largest absolute Gasteiger partial charge is 0.383 e. The predicted molar refractivity (Wildman–Crippen MR) is 114 cm³/mol. The predicted octanol–water partition coefficient (Wildman–Crippen LogP) is 2.15. The zero-order valence-electron chi connectivity index (χ0n) is 17.2. The maximum Gasteiger partial charge on any atom is 0.191 e. The fourth-order valence-corrected chi connectivity index (χ4v) is 4.52. The average molecular weight is 405 g/mol. The molecule has 1 aliphatic carbocycles. The van der Waals surface area contributed by atoms with E-state index < -0.39 is 5.60 Å². The Morgan fingerprint density at radius 2 is 2.18 bits per heavy atom. The molecular formula is C20H32N6OS. The lowest BCUT2D eigenvalue weighted by Crippen LogP contribution is -2.39. The number of nitrogens with zero attached hydrogens (tertiary/aromatic N) is 4. The van der Waals surface area contributed by atoms with Gasteiger partial charge in [-0.15, -0.1) is 11.3 Å². The number of aliphatic imine (C=N–C) groups is 1. The van der Waals surface area contributed by atoms with Crippen LogP contribution in [0.1, 0.15) is 54.3 Å². The number of aliphatic hydroxyl groups is 1. The molecule has 2 aromatic heterocycles. The molecule has 0 aromatic carbocycles. The zero-order chi connectivity index (χ0) is 20.0. The van der Waals surface area contributed by atoms with Gasteiger partial charge in [0.2, 0.25) is 0 Å². The Balaban J connectivity index is 1.48. The Labute approximate surface area is 171 Å². The van der Waals surface area contributed by atoms with Crippen molar-refractivity contribution in [3.63, 3.8) is 0 Å². The molecule has 0 saturated heterocycles. The second-order valence-corrected chi connectivity index (χ2v) is 8.75. The van der Waals surface area contributed by atoms with Crippen molar-refractivity contribution in [2.24, 2.45) is 12.0 Å². The molecule has 0 fully saturated rings. The van der Waals surface area contributed by atoms with E-state index in [-0.39, 0.29) is 6.54 Å². The third-order valence-electron chi connectivity index (χ3n) is 4.97. The first-order chi connectivity index (χ1) is 13.5. The minimum atomic E-state index is -1.05. The maximum absolute atomic E-state index is 10.7. The summed E-state index contributed by atoms with van der Waals surface area (Å²) in [6.07, 6.45) is 10.5. The van der Waals surface area contributed by atoms with E-state index in [4.69, 9.17) is 4.98 Å². The van der Waals surface area contributed by atoms with Crippen molar-refractivity contribution < 1.29 is 5.11 Å². The summed E-state index contributed by atoms with van der Waals surface area (Å²) in [6, 6.07) is 0. The molecule has 1 atom stereocenters. The number of aryl methyl sites for hydroxylation is 4. The summed E-state index contributed by atoms with van der Waals surface area (Å²) in [6.45, 7) is 5.68. The number of hydrogen-bond donors (Lipinski definition) is 3. The third kappa shape index (κ3) is 5.54. The van der Waals surface area contributed by atoms with Crippen LogP contribution in [-0.2, 0) is 31.9 Å².